The Bertz CT molecular complexity index is 598. The largest absolute Gasteiger partial charge is 0.496 e. The topological polar surface area (TPSA) is 18.5 Å². The van der Waals surface area contributed by atoms with Gasteiger partial charge in [0.15, 0.2) is 0 Å². The van der Waals surface area contributed by atoms with Gasteiger partial charge in [0.2, 0.25) is 0 Å². The Labute approximate surface area is 133 Å². The van der Waals surface area contributed by atoms with Crippen LogP contribution in [0, 0.1) is 0 Å². The maximum absolute atomic E-state index is 6.08. The molecular formula is C15H13Cl3O2. The highest BCUT2D eigenvalue weighted by molar-refractivity contribution is 6.32. The van der Waals surface area contributed by atoms with Crippen LogP contribution in [0.4, 0.5) is 0 Å². The highest BCUT2D eigenvalue weighted by atomic mass is 35.5. The van der Waals surface area contributed by atoms with E-state index in [2.05, 4.69) is 0 Å². The van der Waals surface area contributed by atoms with Gasteiger partial charge in [-0.2, -0.15) is 0 Å². The summed E-state index contributed by atoms with van der Waals surface area (Å²) in [6, 6.07) is 10.8. The van der Waals surface area contributed by atoms with Crippen molar-refractivity contribution in [2.75, 3.05) is 7.11 Å². The molecule has 0 N–H and O–H groups in total. The lowest BCUT2D eigenvalue weighted by Crippen LogP contribution is -2.00. The molecule has 0 saturated carbocycles. The molecule has 2 aromatic carbocycles. The van der Waals surface area contributed by atoms with Crippen molar-refractivity contribution < 1.29 is 9.47 Å². The Hall–Kier alpha value is -1.09. The Kier molecular flexibility index (Phi) is 5.41. The van der Waals surface area contributed by atoms with Crippen LogP contribution < -0.4 is 9.47 Å². The van der Waals surface area contributed by atoms with Crippen LogP contribution in [0.1, 0.15) is 11.1 Å². The summed E-state index contributed by atoms with van der Waals surface area (Å²) in [6.45, 7) is 0.327. The molecule has 0 amide bonds. The highest BCUT2D eigenvalue weighted by Crippen LogP contribution is 2.30. The zero-order chi connectivity index (χ0) is 14.5. The van der Waals surface area contributed by atoms with Crippen LogP contribution in [0.5, 0.6) is 11.5 Å². The van der Waals surface area contributed by atoms with Gasteiger partial charge in [0.1, 0.15) is 18.1 Å². The third-order valence-electron chi connectivity index (χ3n) is 2.84. The zero-order valence-electron chi connectivity index (χ0n) is 10.8. The quantitative estimate of drug-likeness (QED) is 0.690. The van der Waals surface area contributed by atoms with E-state index in [1.54, 1.807) is 19.2 Å². The van der Waals surface area contributed by atoms with Crippen LogP contribution in [0.2, 0.25) is 10.0 Å². The Balaban J connectivity index is 2.21. The van der Waals surface area contributed by atoms with Crippen LogP contribution in [-0.4, -0.2) is 7.11 Å². The number of hydrogen-bond donors (Lipinski definition) is 0. The lowest BCUT2D eigenvalue weighted by atomic mass is 10.2. The summed E-state index contributed by atoms with van der Waals surface area (Å²) >= 11 is 18.0. The van der Waals surface area contributed by atoms with Gasteiger partial charge in [-0.1, -0.05) is 29.3 Å². The zero-order valence-corrected chi connectivity index (χ0v) is 13.1. The second-order valence-corrected chi connectivity index (χ2v) is 5.21. The first-order chi connectivity index (χ1) is 9.65. The Morgan fingerprint density at radius 1 is 1.05 bits per heavy atom. The van der Waals surface area contributed by atoms with Crippen molar-refractivity contribution in [2.24, 2.45) is 0 Å². The van der Waals surface area contributed by atoms with Crippen molar-refractivity contribution >= 4 is 34.8 Å². The summed E-state index contributed by atoms with van der Waals surface area (Å²) in [5.74, 6) is 1.68. The first-order valence-corrected chi connectivity index (χ1v) is 7.23. The van der Waals surface area contributed by atoms with Crippen molar-refractivity contribution in [3.8, 4) is 11.5 Å². The molecular weight excluding hydrogens is 319 g/mol. The summed E-state index contributed by atoms with van der Waals surface area (Å²) in [7, 11) is 1.61. The van der Waals surface area contributed by atoms with Crippen molar-refractivity contribution in [2.45, 2.75) is 12.5 Å². The molecule has 106 valence electrons. The molecule has 0 saturated heterocycles. The second-order valence-electron chi connectivity index (χ2n) is 4.09. The molecule has 0 aliphatic heterocycles. The minimum atomic E-state index is 0.293. The van der Waals surface area contributed by atoms with E-state index in [9.17, 15) is 0 Å². The summed E-state index contributed by atoms with van der Waals surface area (Å²) in [4.78, 5) is 0. The van der Waals surface area contributed by atoms with Crippen LogP contribution in [-0.2, 0) is 12.5 Å². The van der Waals surface area contributed by atoms with E-state index in [1.807, 2.05) is 24.3 Å². The lowest BCUT2D eigenvalue weighted by molar-refractivity contribution is 0.294. The minimum Gasteiger partial charge on any atom is -0.496 e. The van der Waals surface area contributed by atoms with Gasteiger partial charge in [0.05, 0.1) is 13.0 Å². The Morgan fingerprint density at radius 2 is 1.85 bits per heavy atom. The van der Waals surface area contributed by atoms with Gasteiger partial charge in [0.25, 0.3) is 0 Å². The SMILES string of the molecule is COc1ccc(Cl)cc1COc1cccc(Cl)c1CCl. The first-order valence-electron chi connectivity index (χ1n) is 5.94. The molecule has 0 aliphatic rings. The second kappa shape index (κ2) is 7.07. The van der Waals surface area contributed by atoms with Crippen molar-refractivity contribution in [1.82, 2.24) is 0 Å². The van der Waals surface area contributed by atoms with Crippen LogP contribution in [0.15, 0.2) is 36.4 Å². The van der Waals surface area contributed by atoms with E-state index in [0.29, 0.717) is 28.3 Å². The van der Waals surface area contributed by atoms with Crippen molar-refractivity contribution in [1.29, 1.82) is 0 Å². The molecule has 0 aliphatic carbocycles. The molecule has 20 heavy (non-hydrogen) atoms. The maximum atomic E-state index is 6.08. The third kappa shape index (κ3) is 3.51. The average Bonchev–Trinajstić information content (AvgIpc) is 2.45. The van der Waals surface area contributed by atoms with Gasteiger partial charge >= 0.3 is 0 Å². The van der Waals surface area contributed by atoms with E-state index in [-0.39, 0.29) is 0 Å². The molecule has 0 unspecified atom stereocenters. The van der Waals surface area contributed by atoms with E-state index < -0.39 is 0 Å². The number of ether oxygens (including phenoxy) is 2. The number of alkyl halides is 1. The smallest absolute Gasteiger partial charge is 0.125 e. The fraction of sp³-hybridized carbons (Fsp3) is 0.200. The minimum absolute atomic E-state index is 0.293. The van der Waals surface area contributed by atoms with Crippen LogP contribution in [0.25, 0.3) is 0 Å². The van der Waals surface area contributed by atoms with Crippen LogP contribution >= 0.6 is 34.8 Å². The molecule has 0 radical (unpaired) electrons. The monoisotopic (exact) mass is 330 g/mol. The summed E-state index contributed by atoms with van der Waals surface area (Å²) in [5, 5.41) is 1.23. The molecule has 0 spiro atoms. The maximum Gasteiger partial charge on any atom is 0.125 e. The third-order valence-corrected chi connectivity index (χ3v) is 3.69. The van der Waals surface area contributed by atoms with Gasteiger partial charge < -0.3 is 9.47 Å². The average molecular weight is 332 g/mol. The molecule has 0 fully saturated rings. The molecule has 0 heterocycles. The molecule has 0 atom stereocenters. The number of hydrogen-bond acceptors (Lipinski definition) is 2. The van der Waals surface area contributed by atoms with E-state index >= 15 is 0 Å². The fourth-order valence-corrected chi connectivity index (χ4v) is 2.59. The number of benzene rings is 2. The Morgan fingerprint density at radius 3 is 2.55 bits per heavy atom. The normalized spacial score (nSPS) is 10.4. The molecule has 0 aromatic heterocycles. The number of rotatable bonds is 5. The van der Waals surface area contributed by atoms with Gasteiger partial charge in [0, 0.05) is 21.2 Å². The summed E-state index contributed by atoms with van der Waals surface area (Å²) < 4.78 is 11.1. The molecule has 5 heteroatoms. The van der Waals surface area contributed by atoms with Gasteiger partial charge in [-0.3, -0.25) is 0 Å². The van der Waals surface area contributed by atoms with Gasteiger partial charge in [-0.05, 0) is 30.3 Å². The number of methoxy groups -OCH3 is 1. The molecule has 2 rings (SSSR count). The van der Waals surface area contributed by atoms with Crippen molar-refractivity contribution in [3.63, 3.8) is 0 Å². The first kappa shape index (κ1) is 15.3. The van der Waals surface area contributed by atoms with E-state index in [0.717, 1.165) is 16.9 Å². The highest BCUT2D eigenvalue weighted by Gasteiger charge is 2.09. The molecule has 0 bridgehead atoms. The van der Waals surface area contributed by atoms with E-state index in [1.165, 1.54) is 0 Å². The number of halogens is 3. The van der Waals surface area contributed by atoms with Crippen molar-refractivity contribution in [3.05, 3.63) is 57.6 Å². The van der Waals surface area contributed by atoms with E-state index in [4.69, 9.17) is 44.3 Å². The van der Waals surface area contributed by atoms with Gasteiger partial charge in [-0.15, -0.1) is 11.6 Å². The molecule has 2 aromatic rings. The van der Waals surface area contributed by atoms with Crippen LogP contribution in [0.3, 0.4) is 0 Å². The summed E-state index contributed by atoms with van der Waals surface area (Å²) in [5.41, 5.74) is 1.64. The summed E-state index contributed by atoms with van der Waals surface area (Å²) in [6.07, 6.45) is 0. The standard InChI is InChI=1S/C15H13Cl3O2/c1-19-14-6-5-11(17)7-10(14)9-20-15-4-2-3-13(18)12(15)8-16/h2-7H,8-9H2,1H3. The predicted octanol–water partition coefficient (Wildman–Crippen LogP) is 5.32. The fourth-order valence-electron chi connectivity index (χ4n) is 1.82. The molecule has 2 nitrogen and oxygen atoms in total. The predicted molar refractivity (Wildman–Crippen MR) is 83.3 cm³/mol. The lowest BCUT2D eigenvalue weighted by Gasteiger charge is -2.13. The van der Waals surface area contributed by atoms with Gasteiger partial charge in [-0.25, -0.2) is 0 Å².